The van der Waals surface area contributed by atoms with E-state index in [0.717, 1.165) is 35.0 Å². The molecule has 0 saturated heterocycles. The summed E-state index contributed by atoms with van der Waals surface area (Å²) in [4.78, 5) is 11.9. The van der Waals surface area contributed by atoms with Crippen molar-refractivity contribution >= 4 is 43.1 Å². The van der Waals surface area contributed by atoms with Gasteiger partial charge in [0.1, 0.15) is 23.0 Å². The number of sulfonamides is 1. The predicted molar refractivity (Wildman–Crippen MR) is 144 cm³/mol. The number of aromatic amines is 1. The van der Waals surface area contributed by atoms with Crippen LogP contribution >= 0.6 is 11.3 Å². The fourth-order valence-corrected chi connectivity index (χ4v) is 6.18. The Bertz CT molecular complexity index is 1690. The number of aromatic nitrogens is 3. The Morgan fingerprint density at radius 1 is 1.24 bits per heavy atom. The number of nitrogens with zero attached hydrogens (tertiary/aromatic N) is 3. The van der Waals surface area contributed by atoms with Crippen LogP contribution in [0.3, 0.4) is 0 Å². The molecule has 1 saturated carbocycles. The first-order valence-corrected chi connectivity index (χ1v) is 14.5. The zero-order chi connectivity index (χ0) is 25.7. The van der Waals surface area contributed by atoms with Gasteiger partial charge in [0.05, 0.1) is 23.2 Å². The number of nitrogen functional groups attached to an aromatic ring is 1. The molecule has 0 bridgehead atoms. The van der Waals surface area contributed by atoms with Gasteiger partial charge in [-0.3, -0.25) is 4.31 Å². The van der Waals surface area contributed by atoms with E-state index in [-0.39, 0.29) is 18.3 Å². The zero-order valence-electron chi connectivity index (χ0n) is 19.9. The van der Waals surface area contributed by atoms with Crippen molar-refractivity contribution in [3.8, 4) is 22.7 Å². The van der Waals surface area contributed by atoms with Crippen LogP contribution in [0, 0.1) is 5.82 Å². The van der Waals surface area contributed by atoms with Gasteiger partial charge in [0.2, 0.25) is 10.0 Å². The van der Waals surface area contributed by atoms with Gasteiger partial charge in [-0.05, 0) is 54.7 Å². The lowest BCUT2D eigenvalue weighted by Crippen LogP contribution is -2.32. The number of nitrogens with one attached hydrogen (secondary N) is 1. The third-order valence-electron chi connectivity index (χ3n) is 6.51. The number of fused-ring (bicyclic) bond motifs is 1. The molecular formula is C26H24FN5O3S2. The molecule has 1 aliphatic carbocycles. The van der Waals surface area contributed by atoms with Gasteiger partial charge in [0.25, 0.3) is 0 Å². The van der Waals surface area contributed by atoms with Crippen LogP contribution in [0.1, 0.15) is 30.0 Å². The summed E-state index contributed by atoms with van der Waals surface area (Å²) >= 11 is 1.33. The van der Waals surface area contributed by atoms with Crippen LogP contribution in [0.2, 0.25) is 0 Å². The summed E-state index contributed by atoms with van der Waals surface area (Å²) in [7, 11) is -3.61. The Balaban J connectivity index is 1.53. The largest absolute Gasteiger partial charge is 0.455 e. The van der Waals surface area contributed by atoms with Crippen molar-refractivity contribution in [1.82, 2.24) is 15.0 Å². The van der Waals surface area contributed by atoms with E-state index in [4.69, 9.17) is 10.2 Å². The first kappa shape index (κ1) is 23.7. The number of nitrogens with two attached hydrogens (primary N) is 1. The smallest absolute Gasteiger partial charge is 0.232 e. The molecule has 0 amide bonds. The van der Waals surface area contributed by atoms with Gasteiger partial charge in [-0.15, -0.1) is 11.3 Å². The van der Waals surface area contributed by atoms with Crippen molar-refractivity contribution in [3.05, 3.63) is 71.2 Å². The van der Waals surface area contributed by atoms with Gasteiger partial charge >= 0.3 is 0 Å². The number of thiazole rings is 1. The quantitative estimate of drug-likeness (QED) is 0.268. The maximum atomic E-state index is 13.7. The predicted octanol–water partition coefficient (Wildman–Crippen LogP) is 5.55. The van der Waals surface area contributed by atoms with Crippen LogP contribution in [-0.4, -0.2) is 36.2 Å². The minimum Gasteiger partial charge on any atom is -0.455 e. The number of furan rings is 1. The zero-order valence-corrected chi connectivity index (χ0v) is 21.6. The van der Waals surface area contributed by atoms with Crippen molar-refractivity contribution < 1.29 is 17.2 Å². The Hall–Kier alpha value is -3.70. The van der Waals surface area contributed by atoms with Gasteiger partial charge in [-0.1, -0.05) is 0 Å². The van der Waals surface area contributed by atoms with E-state index < -0.39 is 10.0 Å². The highest BCUT2D eigenvalue weighted by atomic mass is 32.2. The molecule has 37 heavy (non-hydrogen) atoms. The Kier molecular flexibility index (Phi) is 5.76. The van der Waals surface area contributed by atoms with Crippen molar-refractivity contribution in [2.24, 2.45) is 0 Å². The summed E-state index contributed by atoms with van der Waals surface area (Å²) in [5, 5.41) is 3.12. The number of anilines is 2. The Morgan fingerprint density at radius 3 is 2.65 bits per heavy atom. The molecule has 0 atom stereocenters. The number of hydrogen-bond donors (Lipinski definition) is 2. The number of imidazole rings is 1. The van der Waals surface area contributed by atoms with E-state index in [0.29, 0.717) is 40.0 Å². The molecule has 1 aliphatic rings. The Morgan fingerprint density at radius 2 is 2.03 bits per heavy atom. The van der Waals surface area contributed by atoms with Gasteiger partial charge in [-0.25, -0.2) is 22.8 Å². The molecule has 2 aromatic carbocycles. The lowest BCUT2D eigenvalue weighted by molar-refractivity contribution is 0.596. The van der Waals surface area contributed by atoms with Crippen LogP contribution in [0.15, 0.2) is 58.6 Å². The van der Waals surface area contributed by atoms with E-state index in [1.807, 2.05) is 11.4 Å². The summed E-state index contributed by atoms with van der Waals surface area (Å²) in [6, 6.07) is 9.90. The molecule has 190 valence electrons. The van der Waals surface area contributed by atoms with Crippen LogP contribution in [0.25, 0.3) is 33.7 Å². The van der Waals surface area contributed by atoms with E-state index >= 15 is 0 Å². The fraction of sp³-hybridized carbons (Fsp3) is 0.231. The molecule has 0 aliphatic heterocycles. The normalized spacial score (nSPS) is 13.9. The van der Waals surface area contributed by atoms with Gasteiger partial charge in [0, 0.05) is 47.8 Å². The molecule has 8 nitrogen and oxygen atoms in total. The summed E-state index contributed by atoms with van der Waals surface area (Å²) in [5.74, 6) is 1.07. The molecule has 5 aromatic rings. The Labute approximate surface area is 217 Å². The van der Waals surface area contributed by atoms with Crippen LogP contribution in [0.5, 0.6) is 0 Å². The summed E-state index contributed by atoms with van der Waals surface area (Å²) < 4.78 is 47.4. The molecule has 0 spiro atoms. The van der Waals surface area contributed by atoms with Crippen molar-refractivity contribution in [2.45, 2.75) is 25.2 Å². The van der Waals surface area contributed by atoms with E-state index in [1.54, 1.807) is 30.6 Å². The fourth-order valence-electron chi connectivity index (χ4n) is 4.65. The lowest BCUT2D eigenvalue weighted by Gasteiger charge is -2.25. The van der Waals surface area contributed by atoms with Gasteiger partial charge < -0.3 is 15.1 Å². The molecule has 0 unspecified atom stereocenters. The lowest BCUT2D eigenvalue weighted by atomic mass is 10.0. The average Bonchev–Trinajstić information content (AvgIpc) is 3.22. The number of benzene rings is 2. The van der Waals surface area contributed by atoms with E-state index in [2.05, 4.69) is 15.0 Å². The number of halogens is 1. The molecule has 0 radical (unpaired) electrons. The minimum atomic E-state index is -3.61. The maximum absolute atomic E-state index is 13.7. The highest BCUT2D eigenvalue weighted by Crippen LogP contribution is 2.49. The second-order valence-electron chi connectivity index (χ2n) is 9.19. The molecule has 3 heterocycles. The maximum Gasteiger partial charge on any atom is 0.232 e. The number of H-pyrrole nitrogens is 1. The standard InChI is InChI=1S/C26H24FN5O3S2/c1-37(33,34)32(11-8-18-14-36-26(28)31-18)21-13-22-20(12-19(21)15-2-3-15)23(25-29-9-10-30-25)24(35-22)16-4-6-17(27)7-5-16/h4-7,9-10,12-15H,2-3,8,11H2,1H3,(H2,28,31)(H,29,30). The molecule has 3 N–H and O–H groups in total. The number of rotatable bonds is 8. The second-order valence-corrected chi connectivity index (χ2v) is 12.0. The third kappa shape index (κ3) is 4.60. The van der Waals surface area contributed by atoms with Crippen molar-refractivity contribution in [3.63, 3.8) is 0 Å². The first-order valence-electron chi connectivity index (χ1n) is 11.8. The third-order valence-corrected chi connectivity index (χ3v) is 8.41. The van der Waals surface area contributed by atoms with Crippen LogP contribution < -0.4 is 10.0 Å². The molecule has 1 fully saturated rings. The van der Waals surface area contributed by atoms with Gasteiger partial charge in [0.15, 0.2) is 5.13 Å². The summed E-state index contributed by atoms with van der Waals surface area (Å²) in [6.07, 6.45) is 7.00. The summed E-state index contributed by atoms with van der Waals surface area (Å²) in [5.41, 5.74) is 10.0. The van der Waals surface area contributed by atoms with Crippen LogP contribution in [-0.2, 0) is 16.4 Å². The molecule has 6 rings (SSSR count). The van der Waals surface area contributed by atoms with Crippen LogP contribution in [0.4, 0.5) is 15.2 Å². The van der Waals surface area contributed by atoms with Gasteiger partial charge in [-0.2, -0.15) is 0 Å². The number of hydrogen-bond acceptors (Lipinski definition) is 7. The molecular weight excluding hydrogens is 513 g/mol. The average molecular weight is 538 g/mol. The highest BCUT2D eigenvalue weighted by Gasteiger charge is 2.32. The SMILES string of the molecule is CS(=O)(=O)N(CCc1csc(N)n1)c1cc2oc(-c3ccc(F)cc3)c(-c3ncc[nH]3)c2cc1C1CC1. The molecule has 11 heteroatoms. The monoisotopic (exact) mass is 537 g/mol. The molecule has 3 aromatic heterocycles. The minimum absolute atomic E-state index is 0.226. The summed E-state index contributed by atoms with van der Waals surface area (Å²) in [6.45, 7) is 0.226. The van der Waals surface area contributed by atoms with Crippen molar-refractivity contribution in [1.29, 1.82) is 0 Å². The first-order chi connectivity index (χ1) is 17.8. The van der Waals surface area contributed by atoms with Crippen molar-refractivity contribution in [2.75, 3.05) is 22.8 Å². The second kappa shape index (κ2) is 9.00. The van der Waals surface area contributed by atoms with E-state index in [1.165, 1.54) is 34.0 Å². The topological polar surface area (TPSA) is 118 Å². The van der Waals surface area contributed by atoms with E-state index in [9.17, 15) is 12.8 Å². The highest BCUT2D eigenvalue weighted by molar-refractivity contribution is 7.92.